The summed E-state index contributed by atoms with van der Waals surface area (Å²) in [6, 6.07) is 0. The highest BCUT2D eigenvalue weighted by Gasteiger charge is 2.25. The minimum Gasteiger partial charge on any atom is -0.106 e. The predicted molar refractivity (Wildman–Crippen MR) is 67.4 cm³/mol. The molecule has 0 bridgehead atoms. The summed E-state index contributed by atoms with van der Waals surface area (Å²) in [6.45, 7) is 6.54. The third kappa shape index (κ3) is 6.58. The van der Waals surface area contributed by atoms with Crippen molar-refractivity contribution in [2.45, 2.75) is 59.3 Å². The third-order valence-electron chi connectivity index (χ3n) is 2.61. The Kier molecular flexibility index (Phi) is 8.55. The molecular weight excluding hydrogens is 192 g/mol. The van der Waals surface area contributed by atoms with Crippen LogP contribution in [0.5, 0.6) is 0 Å². The molecule has 0 aromatic heterocycles. The molecule has 0 aliphatic heterocycles. The van der Waals surface area contributed by atoms with Gasteiger partial charge < -0.3 is 0 Å². The number of unbranched alkanes of at least 4 members (excludes halogenated alkanes) is 3. The van der Waals surface area contributed by atoms with Crippen molar-refractivity contribution >= 4 is 9.93 Å². The molecule has 0 N–H and O–H groups in total. The maximum absolute atomic E-state index is 12.5. The van der Waals surface area contributed by atoms with E-state index in [4.69, 9.17) is 0 Å². The normalized spacial score (nSPS) is 11.9. The van der Waals surface area contributed by atoms with Gasteiger partial charge in [-0.2, -0.15) is 0 Å². The van der Waals surface area contributed by atoms with Crippen LogP contribution in [0.1, 0.15) is 59.3 Å². The summed E-state index contributed by atoms with van der Waals surface area (Å²) in [6.07, 6.45) is 6.96. The van der Waals surface area contributed by atoms with E-state index in [0.29, 0.717) is 0 Å². The molecule has 0 aromatic carbocycles. The molecule has 14 heavy (non-hydrogen) atoms. The fourth-order valence-corrected chi connectivity index (χ4v) is 4.59. The molecule has 86 valence electrons. The van der Waals surface area contributed by atoms with E-state index in [0.717, 1.165) is 36.5 Å². The monoisotopic (exact) mass is 219 g/mol. The molecule has 0 saturated heterocycles. The van der Waals surface area contributed by atoms with Gasteiger partial charge >= 0.3 is 0 Å². The number of hydrogen-bond donors (Lipinski definition) is 0. The molecule has 1 nitrogen and oxygen atoms in total. The van der Waals surface area contributed by atoms with Gasteiger partial charge in [-0.05, 0) is 19.3 Å². The van der Waals surface area contributed by atoms with Gasteiger partial charge in [-0.3, -0.25) is 0 Å². The molecule has 0 unspecified atom stereocenters. The topological polar surface area (TPSA) is 17.1 Å². The third-order valence-corrected chi connectivity index (χ3v) is 5.71. The van der Waals surface area contributed by atoms with E-state index in [-0.39, 0.29) is 0 Å². The van der Waals surface area contributed by atoms with Crippen molar-refractivity contribution in [2.75, 3.05) is 17.3 Å². The van der Waals surface area contributed by atoms with Crippen molar-refractivity contribution in [3.8, 4) is 0 Å². The van der Waals surface area contributed by atoms with Crippen LogP contribution in [0.25, 0.3) is 0 Å². The van der Waals surface area contributed by atoms with Gasteiger partial charge in [-0.15, -0.1) is 4.21 Å². The summed E-state index contributed by atoms with van der Waals surface area (Å²) in [4.78, 5) is 0. The first-order valence-electron chi connectivity index (χ1n) is 6.15. The Morgan fingerprint density at radius 1 is 0.714 bits per heavy atom. The van der Waals surface area contributed by atoms with E-state index in [1.54, 1.807) is 0 Å². The molecule has 0 amide bonds. The highest BCUT2D eigenvalue weighted by Crippen LogP contribution is 2.14. The van der Waals surface area contributed by atoms with E-state index >= 15 is 0 Å². The Bertz CT molecular complexity index is 137. The van der Waals surface area contributed by atoms with Gasteiger partial charge in [0.1, 0.15) is 17.3 Å². The van der Waals surface area contributed by atoms with Gasteiger partial charge in [0.25, 0.3) is 0 Å². The van der Waals surface area contributed by atoms with Crippen LogP contribution in [0.3, 0.4) is 0 Å². The standard InChI is InChI=1S/C12H27OS/c1-4-7-10-14(13,11-8-5-2)12-9-6-3/h4-12H2,1-3H3/q+1. The molecule has 0 atom stereocenters. The van der Waals surface area contributed by atoms with Crippen molar-refractivity contribution in [2.24, 2.45) is 0 Å². The zero-order valence-electron chi connectivity index (χ0n) is 10.2. The second-order valence-electron chi connectivity index (χ2n) is 4.14. The van der Waals surface area contributed by atoms with Gasteiger partial charge in [0, 0.05) is 0 Å². The van der Waals surface area contributed by atoms with E-state index in [9.17, 15) is 4.21 Å². The van der Waals surface area contributed by atoms with Crippen molar-refractivity contribution in [3.05, 3.63) is 0 Å². The van der Waals surface area contributed by atoms with Gasteiger partial charge in [0.2, 0.25) is 0 Å². The van der Waals surface area contributed by atoms with Crippen molar-refractivity contribution < 1.29 is 4.21 Å². The molecular formula is C12H27OS+. The van der Waals surface area contributed by atoms with Crippen LogP contribution in [-0.4, -0.2) is 17.3 Å². The predicted octanol–water partition coefficient (Wildman–Crippen LogP) is 3.89. The average molecular weight is 219 g/mol. The van der Waals surface area contributed by atoms with E-state index in [1.807, 2.05) is 0 Å². The van der Waals surface area contributed by atoms with E-state index in [1.165, 1.54) is 19.3 Å². The van der Waals surface area contributed by atoms with Crippen molar-refractivity contribution in [1.82, 2.24) is 0 Å². The van der Waals surface area contributed by atoms with Crippen LogP contribution in [0.15, 0.2) is 0 Å². The van der Waals surface area contributed by atoms with Crippen LogP contribution in [-0.2, 0) is 14.1 Å². The van der Waals surface area contributed by atoms with Crippen molar-refractivity contribution in [3.63, 3.8) is 0 Å². The lowest BCUT2D eigenvalue weighted by atomic mass is 10.4. The second kappa shape index (κ2) is 8.46. The van der Waals surface area contributed by atoms with E-state index in [2.05, 4.69) is 20.8 Å². The van der Waals surface area contributed by atoms with Crippen LogP contribution in [0, 0.1) is 0 Å². The average Bonchev–Trinajstić information content (AvgIpc) is 2.21. The quantitative estimate of drug-likeness (QED) is 0.538. The first kappa shape index (κ1) is 14.2. The molecule has 0 radical (unpaired) electrons. The first-order chi connectivity index (χ1) is 6.68. The number of hydrogen-bond acceptors (Lipinski definition) is 1. The fraction of sp³-hybridized carbons (Fsp3) is 1.00. The molecule has 0 rings (SSSR count). The van der Waals surface area contributed by atoms with Gasteiger partial charge in [-0.25, -0.2) is 0 Å². The zero-order chi connectivity index (χ0) is 10.9. The summed E-state index contributed by atoms with van der Waals surface area (Å²) >= 11 is 0. The maximum Gasteiger partial charge on any atom is 0.112 e. The Labute approximate surface area is 91.1 Å². The lowest BCUT2D eigenvalue weighted by Gasteiger charge is -2.11. The number of rotatable bonds is 9. The molecule has 0 spiro atoms. The van der Waals surface area contributed by atoms with Gasteiger partial charge in [0.05, 0.1) is 9.93 Å². The maximum atomic E-state index is 12.5. The Balaban J connectivity index is 3.97. The van der Waals surface area contributed by atoms with Gasteiger partial charge in [0.15, 0.2) is 0 Å². The molecule has 0 saturated carbocycles. The Morgan fingerprint density at radius 2 is 1.00 bits per heavy atom. The van der Waals surface area contributed by atoms with E-state index < -0.39 is 9.93 Å². The minimum absolute atomic E-state index is 0.976. The fourth-order valence-electron chi connectivity index (χ4n) is 1.53. The van der Waals surface area contributed by atoms with Crippen LogP contribution >= 0.6 is 0 Å². The highest BCUT2D eigenvalue weighted by atomic mass is 32.2. The molecule has 0 aliphatic carbocycles. The molecule has 0 aromatic rings. The summed E-state index contributed by atoms with van der Waals surface area (Å²) in [5.74, 6) is 2.93. The zero-order valence-corrected chi connectivity index (χ0v) is 11.0. The highest BCUT2D eigenvalue weighted by molar-refractivity contribution is 8.02. The lowest BCUT2D eigenvalue weighted by molar-refractivity contribution is 0.577. The summed E-state index contributed by atoms with van der Waals surface area (Å²) in [7, 11) is -1.48. The summed E-state index contributed by atoms with van der Waals surface area (Å²) in [5, 5.41) is 0. The molecule has 2 heteroatoms. The second-order valence-corrected chi connectivity index (χ2v) is 7.30. The molecule has 0 fully saturated rings. The first-order valence-corrected chi connectivity index (χ1v) is 8.22. The largest absolute Gasteiger partial charge is 0.112 e. The van der Waals surface area contributed by atoms with Crippen molar-refractivity contribution in [1.29, 1.82) is 0 Å². The van der Waals surface area contributed by atoms with Crippen LogP contribution < -0.4 is 0 Å². The Morgan fingerprint density at radius 3 is 1.21 bits per heavy atom. The van der Waals surface area contributed by atoms with Gasteiger partial charge in [-0.1, -0.05) is 40.0 Å². The lowest BCUT2D eigenvalue weighted by Crippen LogP contribution is -2.24. The smallest absolute Gasteiger partial charge is 0.106 e. The summed E-state index contributed by atoms with van der Waals surface area (Å²) < 4.78 is 12.5. The van der Waals surface area contributed by atoms with Crippen LogP contribution in [0.2, 0.25) is 0 Å². The van der Waals surface area contributed by atoms with Crippen LogP contribution in [0.4, 0.5) is 0 Å². The molecule has 0 aliphatic rings. The Hall–Kier alpha value is 0.150. The SMILES string of the molecule is CCCC[S+](=O)(CCCC)CCCC. The minimum atomic E-state index is -1.48. The molecule has 0 heterocycles. The summed E-state index contributed by atoms with van der Waals surface area (Å²) in [5.41, 5.74) is 0.